The van der Waals surface area contributed by atoms with Gasteiger partial charge in [-0.1, -0.05) is 40.5 Å². The first-order valence-corrected chi connectivity index (χ1v) is 5.05. The van der Waals surface area contributed by atoms with E-state index in [0.717, 1.165) is 5.56 Å². The minimum atomic E-state index is 0.0196. The van der Waals surface area contributed by atoms with Crippen LogP contribution in [-0.2, 0) is 0 Å². The normalized spacial score (nSPS) is 10.4. The predicted molar refractivity (Wildman–Crippen MR) is 58.8 cm³/mol. The summed E-state index contributed by atoms with van der Waals surface area (Å²) in [4.78, 5) is 0. The molecule has 5 heteroatoms. The first-order valence-electron chi connectivity index (χ1n) is 5.05. The molecule has 0 aliphatic rings. The zero-order chi connectivity index (χ0) is 11.4. The van der Waals surface area contributed by atoms with Gasteiger partial charge >= 0.3 is 6.01 Å². The van der Waals surface area contributed by atoms with Gasteiger partial charge in [0.05, 0.1) is 6.10 Å². The van der Waals surface area contributed by atoms with Gasteiger partial charge in [0.15, 0.2) is 0 Å². The summed E-state index contributed by atoms with van der Waals surface area (Å²) >= 11 is 0. The average molecular weight is 216 g/mol. The fraction of sp³-hybridized carbons (Fsp3) is 0.273. The molecule has 2 rings (SSSR count). The monoisotopic (exact) mass is 216 g/mol. The Bertz CT molecular complexity index is 441. The van der Waals surface area contributed by atoms with Gasteiger partial charge in [-0.05, 0) is 13.8 Å². The molecule has 0 amide bonds. The lowest BCUT2D eigenvalue weighted by atomic mass is 10.2. The van der Waals surface area contributed by atoms with Crippen LogP contribution in [0.1, 0.15) is 13.8 Å². The molecule has 1 aromatic heterocycles. The van der Waals surface area contributed by atoms with E-state index in [-0.39, 0.29) is 12.1 Å². The second-order valence-corrected chi connectivity index (χ2v) is 3.54. The van der Waals surface area contributed by atoms with E-state index in [0.29, 0.717) is 5.82 Å². The van der Waals surface area contributed by atoms with Crippen LogP contribution in [0.2, 0.25) is 0 Å². The van der Waals surface area contributed by atoms with Gasteiger partial charge in [-0.15, -0.1) is 10.2 Å². The second-order valence-electron chi connectivity index (χ2n) is 3.54. The lowest BCUT2D eigenvalue weighted by Crippen LogP contribution is -2.10. The molecular weight excluding hydrogens is 204 g/mol. The SMILES string of the molecule is CC(C)Oc1nnc(-c2ccccc2)nn1. The van der Waals surface area contributed by atoms with Crippen molar-refractivity contribution in [3.05, 3.63) is 30.3 Å². The van der Waals surface area contributed by atoms with Crippen molar-refractivity contribution < 1.29 is 4.74 Å². The Morgan fingerprint density at radius 2 is 1.56 bits per heavy atom. The molecule has 0 N–H and O–H groups in total. The Hall–Kier alpha value is -2.04. The van der Waals surface area contributed by atoms with E-state index in [4.69, 9.17) is 4.74 Å². The minimum Gasteiger partial charge on any atom is -0.459 e. The first-order chi connectivity index (χ1) is 7.75. The molecular formula is C11H12N4O. The number of hydrogen-bond donors (Lipinski definition) is 0. The molecule has 0 spiro atoms. The third-order valence-electron chi connectivity index (χ3n) is 1.83. The highest BCUT2D eigenvalue weighted by Crippen LogP contribution is 2.12. The van der Waals surface area contributed by atoms with Crippen LogP contribution in [0.5, 0.6) is 6.01 Å². The van der Waals surface area contributed by atoms with Gasteiger partial charge in [-0.2, -0.15) is 0 Å². The van der Waals surface area contributed by atoms with Crippen LogP contribution in [-0.4, -0.2) is 26.5 Å². The largest absolute Gasteiger partial charge is 0.459 e. The Labute approximate surface area is 93.5 Å². The molecule has 0 atom stereocenters. The van der Waals surface area contributed by atoms with Crippen LogP contribution >= 0.6 is 0 Å². The highest BCUT2D eigenvalue weighted by atomic mass is 16.5. The lowest BCUT2D eigenvalue weighted by Gasteiger charge is -2.05. The molecule has 0 fully saturated rings. The number of aromatic nitrogens is 4. The van der Waals surface area contributed by atoms with Crippen LogP contribution in [0.4, 0.5) is 0 Å². The topological polar surface area (TPSA) is 60.8 Å². The summed E-state index contributed by atoms with van der Waals surface area (Å²) < 4.78 is 5.26. The summed E-state index contributed by atoms with van der Waals surface area (Å²) in [7, 11) is 0. The van der Waals surface area contributed by atoms with Crippen molar-refractivity contribution in [2.75, 3.05) is 0 Å². The zero-order valence-electron chi connectivity index (χ0n) is 9.16. The standard InChI is InChI=1S/C11H12N4O/c1-8(2)16-11-14-12-10(13-15-11)9-6-4-3-5-7-9/h3-8H,1-2H3. The van der Waals surface area contributed by atoms with E-state index in [1.807, 2.05) is 44.2 Å². The number of benzene rings is 1. The first kappa shape index (κ1) is 10.5. The van der Waals surface area contributed by atoms with Crippen LogP contribution in [0.25, 0.3) is 11.4 Å². The van der Waals surface area contributed by atoms with E-state index in [1.165, 1.54) is 0 Å². The smallest absolute Gasteiger partial charge is 0.355 e. The van der Waals surface area contributed by atoms with Gasteiger partial charge in [-0.25, -0.2) is 0 Å². The van der Waals surface area contributed by atoms with Gasteiger partial charge in [0, 0.05) is 5.56 Å². The molecule has 2 aromatic rings. The molecule has 0 radical (unpaired) electrons. The van der Waals surface area contributed by atoms with Crippen molar-refractivity contribution in [2.24, 2.45) is 0 Å². The fourth-order valence-corrected chi connectivity index (χ4v) is 1.18. The van der Waals surface area contributed by atoms with E-state index >= 15 is 0 Å². The summed E-state index contributed by atoms with van der Waals surface area (Å²) in [5, 5.41) is 15.6. The fourth-order valence-electron chi connectivity index (χ4n) is 1.18. The zero-order valence-corrected chi connectivity index (χ0v) is 9.16. The molecule has 5 nitrogen and oxygen atoms in total. The number of hydrogen-bond acceptors (Lipinski definition) is 5. The molecule has 0 bridgehead atoms. The van der Waals surface area contributed by atoms with Gasteiger partial charge < -0.3 is 4.74 Å². The van der Waals surface area contributed by atoms with E-state index in [9.17, 15) is 0 Å². The summed E-state index contributed by atoms with van der Waals surface area (Å²) in [5.41, 5.74) is 0.888. The average Bonchev–Trinajstić information content (AvgIpc) is 2.30. The van der Waals surface area contributed by atoms with Crippen molar-refractivity contribution in [2.45, 2.75) is 20.0 Å². The van der Waals surface area contributed by atoms with Crippen LogP contribution in [0.3, 0.4) is 0 Å². The molecule has 0 saturated heterocycles. The lowest BCUT2D eigenvalue weighted by molar-refractivity contribution is 0.216. The predicted octanol–water partition coefficient (Wildman–Crippen LogP) is 1.72. The van der Waals surface area contributed by atoms with Gasteiger partial charge in [-0.3, -0.25) is 0 Å². The number of nitrogens with zero attached hydrogens (tertiary/aromatic N) is 4. The molecule has 0 saturated carbocycles. The third kappa shape index (κ3) is 2.50. The summed E-state index contributed by atoms with van der Waals surface area (Å²) in [6.45, 7) is 3.79. The van der Waals surface area contributed by atoms with Crippen LogP contribution in [0.15, 0.2) is 30.3 Å². The molecule has 0 aliphatic heterocycles. The summed E-state index contributed by atoms with van der Waals surface area (Å²) in [5.74, 6) is 0.497. The van der Waals surface area contributed by atoms with Crippen molar-refractivity contribution in [1.82, 2.24) is 20.4 Å². The molecule has 82 valence electrons. The van der Waals surface area contributed by atoms with Crippen molar-refractivity contribution in [3.8, 4) is 17.4 Å². The summed E-state index contributed by atoms with van der Waals surface area (Å²) in [6.07, 6.45) is 0.0196. The second kappa shape index (κ2) is 4.65. The quantitative estimate of drug-likeness (QED) is 0.781. The van der Waals surface area contributed by atoms with Gasteiger partial charge in [0.1, 0.15) is 0 Å². The third-order valence-corrected chi connectivity index (χ3v) is 1.83. The highest BCUT2D eigenvalue weighted by molar-refractivity contribution is 5.52. The molecule has 0 unspecified atom stereocenters. The van der Waals surface area contributed by atoms with Gasteiger partial charge in [0.25, 0.3) is 0 Å². The molecule has 1 aromatic carbocycles. The molecule has 0 aliphatic carbocycles. The van der Waals surface area contributed by atoms with Crippen LogP contribution < -0.4 is 4.74 Å². The Morgan fingerprint density at radius 1 is 0.938 bits per heavy atom. The minimum absolute atomic E-state index is 0.0196. The number of rotatable bonds is 3. The molecule has 16 heavy (non-hydrogen) atoms. The van der Waals surface area contributed by atoms with E-state index < -0.39 is 0 Å². The maximum Gasteiger partial charge on any atom is 0.355 e. The Kier molecular flexibility index (Phi) is 3.05. The molecule has 1 heterocycles. The maximum absolute atomic E-state index is 5.26. The van der Waals surface area contributed by atoms with Crippen molar-refractivity contribution in [1.29, 1.82) is 0 Å². The van der Waals surface area contributed by atoms with E-state index in [1.54, 1.807) is 0 Å². The van der Waals surface area contributed by atoms with Gasteiger partial charge in [0.2, 0.25) is 5.82 Å². The summed E-state index contributed by atoms with van der Waals surface area (Å²) in [6, 6.07) is 9.77. The Balaban J connectivity index is 2.20. The van der Waals surface area contributed by atoms with E-state index in [2.05, 4.69) is 20.4 Å². The Morgan fingerprint density at radius 3 is 2.12 bits per heavy atom. The highest BCUT2D eigenvalue weighted by Gasteiger charge is 2.05. The van der Waals surface area contributed by atoms with Crippen LogP contribution in [0, 0.1) is 0 Å². The number of ether oxygens (including phenoxy) is 1. The maximum atomic E-state index is 5.26. The van der Waals surface area contributed by atoms with Crippen molar-refractivity contribution >= 4 is 0 Å². The van der Waals surface area contributed by atoms with Crippen molar-refractivity contribution in [3.63, 3.8) is 0 Å².